The first-order valence-electron chi connectivity index (χ1n) is 8.31. The molecule has 1 aromatic carbocycles. The van der Waals surface area contributed by atoms with Crippen LogP contribution in [0.1, 0.15) is 27.5 Å². The van der Waals surface area contributed by atoms with Crippen LogP contribution in [0.15, 0.2) is 48.0 Å². The zero-order chi connectivity index (χ0) is 17.6. The van der Waals surface area contributed by atoms with Crippen LogP contribution in [0.3, 0.4) is 0 Å². The normalized spacial score (nSPS) is 10.0. The Morgan fingerprint density at radius 3 is 2.63 bits per heavy atom. The Morgan fingerprint density at radius 2 is 2.00 bits per heavy atom. The van der Waals surface area contributed by atoms with Crippen LogP contribution >= 0.6 is 36.2 Å². The van der Waals surface area contributed by atoms with E-state index < -0.39 is 0 Å². The zero-order valence-electron chi connectivity index (χ0n) is 15.1. The number of benzene rings is 1. The first-order valence-corrected chi connectivity index (χ1v) is 9.19. The minimum atomic E-state index is -0.0181. The Hall–Kier alpha value is -1.86. The maximum absolute atomic E-state index is 12.9. The molecule has 3 aromatic rings. The van der Waals surface area contributed by atoms with Crippen molar-refractivity contribution < 1.29 is 4.79 Å². The second kappa shape index (κ2) is 11.1. The van der Waals surface area contributed by atoms with Crippen molar-refractivity contribution in [3.8, 4) is 11.3 Å². The summed E-state index contributed by atoms with van der Waals surface area (Å²) in [6.45, 7) is 3.74. The number of hydrogen-bond acceptors (Lipinski definition) is 4. The number of thiazole rings is 1. The number of H-pyrrole nitrogens is 1. The molecule has 3 N–H and O–H groups in total. The molecule has 8 heteroatoms. The van der Waals surface area contributed by atoms with E-state index in [-0.39, 0.29) is 30.7 Å². The number of aryl methyl sites for hydroxylation is 1. The maximum atomic E-state index is 12.9. The molecule has 0 saturated heterocycles. The van der Waals surface area contributed by atoms with Crippen molar-refractivity contribution in [1.82, 2.24) is 14.9 Å². The smallest absolute Gasteiger partial charge is 0.270 e. The average molecular weight is 427 g/mol. The third-order valence-electron chi connectivity index (χ3n) is 3.96. The van der Waals surface area contributed by atoms with Crippen LogP contribution in [0, 0.1) is 6.92 Å². The van der Waals surface area contributed by atoms with Gasteiger partial charge in [-0.25, -0.2) is 4.98 Å². The molecule has 1 amide bonds. The summed E-state index contributed by atoms with van der Waals surface area (Å²) < 4.78 is 0. The van der Waals surface area contributed by atoms with Crippen LogP contribution < -0.4 is 5.73 Å². The van der Waals surface area contributed by atoms with Gasteiger partial charge in [-0.2, -0.15) is 0 Å². The lowest BCUT2D eigenvalue weighted by atomic mass is 10.2. The highest BCUT2D eigenvalue weighted by Crippen LogP contribution is 2.23. The van der Waals surface area contributed by atoms with Gasteiger partial charge in [0.2, 0.25) is 0 Å². The van der Waals surface area contributed by atoms with Crippen molar-refractivity contribution in [2.45, 2.75) is 19.9 Å². The molecule has 2 aromatic heterocycles. The molecule has 0 aliphatic heterocycles. The quantitative estimate of drug-likeness (QED) is 0.591. The summed E-state index contributed by atoms with van der Waals surface area (Å²) in [4.78, 5) is 22.3. The number of halogens is 2. The number of hydrogen-bond donors (Lipinski definition) is 2. The predicted molar refractivity (Wildman–Crippen MR) is 116 cm³/mol. The van der Waals surface area contributed by atoms with Crippen LogP contribution in [0.25, 0.3) is 11.3 Å². The van der Waals surface area contributed by atoms with E-state index in [0.29, 0.717) is 25.3 Å². The fourth-order valence-corrected chi connectivity index (χ4v) is 3.29. The van der Waals surface area contributed by atoms with Crippen LogP contribution in [0.5, 0.6) is 0 Å². The molecule has 5 nitrogen and oxygen atoms in total. The van der Waals surface area contributed by atoms with Gasteiger partial charge in [0.1, 0.15) is 5.69 Å². The predicted octanol–water partition coefficient (Wildman–Crippen LogP) is 4.28. The summed E-state index contributed by atoms with van der Waals surface area (Å²) >= 11 is 1.60. The zero-order valence-corrected chi connectivity index (χ0v) is 17.5. The van der Waals surface area contributed by atoms with E-state index in [0.717, 1.165) is 28.2 Å². The summed E-state index contributed by atoms with van der Waals surface area (Å²) in [6, 6.07) is 11.9. The second-order valence-electron chi connectivity index (χ2n) is 5.91. The molecular formula is C19H24Cl2N4OS. The molecule has 0 radical (unpaired) electrons. The van der Waals surface area contributed by atoms with Gasteiger partial charge >= 0.3 is 0 Å². The number of rotatable bonds is 7. The summed E-state index contributed by atoms with van der Waals surface area (Å²) in [6.07, 6.45) is 2.61. The highest BCUT2D eigenvalue weighted by Gasteiger charge is 2.18. The number of carbonyl (C=O) groups is 1. The van der Waals surface area contributed by atoms with Crippen molar-refractivity contribution in [3.05, 3.63) is 64.2 Å². The van der Waals surface area contributed by atoms with E-state index in [1.807, 2.05) is 59.8 Å². The molecule has 146 valence electrons. The van der Waals surface area contributed by atoms with Gasteiger partial charge in [0.25, 0.3) is 5.91 Å². The molecular weight excluding hydrogens is 403 g/mol. The van der Waals surface area contributed by atoms with E-state index >= 15 is 0 Å². The lowest BCUT2D eigenvalue weighted by Gasteiger charge is -2.22. The average Bonchev–Trinajstić information content (AvgIpc) is 3.28. The Bertz CT molecular complexity index is 835. The maximum Gasteiger partial charge on any atom is 0.270 e. The SMILES string of the molecule is Cc1nc(-c2c[nH]c(C(=O)N(CCCN)Cc3ccccc3)c2)cs1.Cl.Cl. The number of nitrogens with zero attached hydrogens (tertiary/aromatic N) is 2. The Morgan fingerprint density at radius 1 is 1.26 bits per heavy atom. The fraction of sp³-hybridized carbons (Fsp3) is 0.263. The minimum absolute atomic E-state index is 0. The molecule has 2 heterocycles. The summed E-state index contributed by atoms with van der Waals surface area (Å²) in [7, 11) is 0. The standard InChI is InChI=1S/C19H22N4OS.2ClH/c1-14-22-18(13-25-14)16-10-17(21-11-16)19(24)23(9-5-8-20)12-15-6-3-2-4-7-15;;/h2-4,6-7,10-11,13,21H,5,8-9,12,20H2,1H3;2*1H. The van der Waals surface area contributed by atoms with Gasteiger partial charge in [-0.3, -0.25) is 4.79 Å². The number of amides is 1. The number of nitrogens with two attached hydrogens (primary N) is 1. The van der Waals surface area contributed by atoms with Gasteiger partial charge in [0.05, 0.1) is 10.7 Å². The monoisotopic (exact) mass is 426 g/mol. The lowest BCUT2D eigenvalue weighted by Crippen LogP contribution is -2.32. The Kier molecular flexibility index (Phi) is 9.52. The van der Waals surface area contributed by atoms with Crippen LogP contribution in [-0.4, -0.2) is 33.9 Å². The van der Waals surface area contributed by atoms with Gasteiger partial charge in [-0.1, -0.05) is 30.3 Å². The minimum Gasteiger partial charge on any atom is -0.357 e. The van der Waals surface area contributed by atoms with E-state index in [2.05, 4.69) is 9.97 Å². The highest BCUT2D eigenvalue weighted by atomic mass is 35.5. The van der Waals surface area contributed by atoms with Gasteiger partial charge in [-0.05, 0) is 31.5 Å². The fourth-order valence-electron chi connectivity index (χ4n) is 2.67. The molecule has 0 aliphatic rings. The summed E-state index contributed by atoms with van der Waals surface area (Å²) in [5.41, 5.74) is 9.16. The molecule has 0 bridgehead atoms. The molecule has 0 aliphatic carbocycles. The topological polar surface area (TPSA) is 75.0 Å². The summed E-state index contributed by atoms with van der Waals surface area (Å²) in [5.74, 6) is -0.0181. The molecule has 27 heavy (non-hydrogen) atoms. The van der Waals surface area contributed by atoms with Crippen molar-refractivity contribution in [2.75, 3.05) is 13.1 Å². The van der Waals surface area contributed by atoms with E-state index in [9.17, 15) is 4.79 Å². The van der Waals surface area contributed by atoms with Gasteiger partial charge in [0.15, 0.2) is 0 Å². The van der Waals surface area contributed by atoms with Crippen molar-refractivity contribution in [3.63, 3.8) is 0 Å². The van der Waals surface area contributed by atoms with Crippen molar-refractivity contribution in [2.24, 2.45) is 5.73 Å². The Labute approximate surface area is 175 Å². The van der Waals surface area contributed by atoms with Gasteiger partial charge < -0.3 is 15.6 Å². The number of aromatic nitrogens is 2. The molecule has 0 saturated carbocycles. The van der Waals surface area contributed by atoms with Gasteiger partial charge in [0, 0.05) is 30.2 Å². The van der Waals surface area contributed by atoms with E-state index in [1.54, 1.807) is 11.3 Å². The molecule has 3 rings (SSSR count). The lowest BCUT2D eigenvalue weighted by molar-refractivity contribution is 0.0737. The van der Waals surface area contributed by atoms with Crippen LogP contribution in [-0.2, 0) is 6.54 Å². The summed E-state index contributed by atoms with van der Waals surface area (Å²) in [5, 5.41) is 3.01. The van der Waals surface area contributed by atoms with E-state index in [1.165, 1.54) is 0 Å². The first-order chi connectivity index (χ1) is 12.2. The molecule has 0 spiro atoms. The highest BCUT2D eigenvalue weighted by molar-refractivity contribution is 7.09. The largest absolute Gasteiger partial charge is 0.357 e. The number of aromatic amines is 1. The number of nitrogens with one attached hydrogen (secondary N) is 1. The third-order valence-corrected chi connectivity index (χ3v) is 4.74. The van der Waals surface area contributed by atoms with Gasteiger partial charge in [-0.15, -0.1) is 36.2 Å². The molecule has 0 atom stereocenters. The van der Waals surface area contributed by atoms with Crippen LogP contribution in [0.2, 0.25) is 0 Å². The van der Waals surface area contributed by atoms with E-state index in [4.69, 9.17) is 5.73 Å². The van der Waals surface area contributed by atoms with Crippen molar-refractivity contribution >= 4 is 42.1 Å². The van der Waals surface area contributed by atoms with Crippen LogP contribution in [0.4, 0.5) is 0 Å². The molecule has 0 fully saturated rings. The Balaban J connectivity index is 0.00000182. The van der Waals surface area contributed by atoms with Crippen molar-refractivity contribution in [1.29, 1.82) is 0 Å². The third kappa shape index (κ3) is 6.07. The number of carbonyl (C=O) groups excluding carboxylic acids is 1. The first kappa shape index (κ1) is 23.2. The second-order valence-corrected chi connectivity index (χ2v) is 6.97. The molecule has 0 unspecified atom stereocenters.